The Labute approximate surface area is 319 Å². The zero-order valence-electron chi connectivity index (χ0n) is 32.2. The maximum atomic E-state index is 6.16. The number of hydrogen-bond donors (Lipinski definition) is 0. The third-order valence-electron chi connectivity index (χ3n) is 12.6. The minimum atomic E-state index is 0.917. The molecule has 0 saturated heterocycles. The second-order valence-electron chi connectivity index (χ2n) is 15.2. The molecule has 0 atom stereocenters. The number of anilines is 3. The van der Waals surface area contributed by atoms with E-state index in [9.17, 15) is 0 Å². The van der Waals surface area contributed by atoms with Crippen molar-refractivity contribution in [2.24, 2.45) is 0 Å². The van der Waals surface area contributed by atoms with Gasteiger partial charge in [-0.2, -0.15) is 0 Å². The molecule has 11 heteroatoms. The Morgan fingerprint density at radius 3 is 1.58 bits per heavy atom. The first kappa shape index (κ1) is 33.6. The molecule has 1 aromatic heterocycles. The van der Waals surface area contributed by atoms with Crippen LogP contribution in [0, 0.1) is 0 Å². The second-order valence-corrected chi connectivity index (χ2v) is 15.2. The van der Waals surface area contributed by atoms with E-state index in [2.05, 4.69) is 173 Å². The number of nitrogens with zero attached hydrogens (tertiary/aromatic N) is 1. The van der Waals surface area contributed by atoms with E-state index < -0.39 is 0 Å². The van der Waals surface area contributed by atoms with Gasteiger partial charge in [-0.1, -0.05) is 94.0 Å². The van der Waals surface area contributed by atoms with Gasteiger partial charge in [0.05, 0.1) is 0 Å². The van der Waals surface area contributed by atoms with Crippen LogP contribution in [0.3, 0.4) is 0 Å². The molecule has 0 amide bonds. The molecule has 0 aliphatic carbocycles. The number of hydrogen-bond acceptors (Lipinski definition) is 2. The van der Waals surface area contributed by atoms with Crippen molar-refractivity contribution in [3.8, 4) is 11.1 Å². The molecule has 242 valence electrons. The molecule has 0 aliphatic rings. The van der Waals surface area contributed by atoms with Gasteiger partial charge in [0.2, 0.25) is 0 Å². The first-order chi connectivity index (χ1) is 25.5. The van der Waals surface area contributed by atoms with Gasteiger partial charge in [-0.3, -0.25) is 0 Å². The molecule has 2 nitrogen and oxygen atoms in total. The summed E-state index contributed by atoms with van der Waals surface area (Å²) in [6, 6.07) is 39.6. The first-order valence-electron chi connectivity index (χ1n) is 18.8. The molecular formula is C42H36B9NO. The SMILES string of the molecule is Bc1c(B)c(B)c2c(c1B)c(B)c(N(c1ccc(-c3ccc4oc5ccccc5c4c3)cc1)c1ccc3ccccc3c1)c1c(B)c(B)c(B)c(B)c12. The highest BCUT2D eigenvalue weighted by Gasteiger charge is 2.26. The molecule has 0 saturated carbocycles. The Morgan fingerprint density at radius 1 is 0.358 bits per heavy atom. The van der Waals surface area contributed by atoms with Crippen LogP contribution in [0.15, 0.2) is 114 Å². The molecule has 0 unspecified atom stereocenters. The van der Waals surface area contributed by atoms with Gasteiger partial charge < -0.3 is 9.32 Å². The Bertz CT molecular complexity index is 3010. The second kappa shape index (κ2) is 12.4. The van der Waals surface area contributed by atoms with Gasteiger partial charge in [-0.25, -0.2) is 0 Å². The summed E-state index contributed by atoms with van der Waals surface area (Å²) in [5, 5.41) is 10.3. The summed E-state index contributed by atoms with van der Waals surface area (Å²) in [7, 11) is 20.9. The molecule has 0 fully saturated rings. The summed E-state index contributed by atoms with van der Waals surface area (Å²) in [4.78, 5) is 2.53. The van der Waals surface area contributed by atoms with E-state index in [0.717, 1.165) is 33.3 Å². The maximum Gasteiger partial charge on any atom is 0.142 e. The summed E-state index contributed by atoms with van der Waals surface area (Å²) < 4.78 is 6.16. The van der Waals surface area contributed by atoms with Crippen LogP contribution < -0.4 is 54.1 Å². The Balaban J connectivity index is 1.35. The number of benzene rings is 8. The normalized spacial score (nSPS) is 11.7. The average Bonchev–Trinajstić information content (AvgIpc) is 3.56. The zero-order chi connectivity index (χ0) is 36.9. The number of rotatable bonds is 4. The molecule has 0 bridgehead atoms. The van der Waals surface area contributed by atoms with Crippen molar-refractivity contribution >= 4 is 191 Å². The van der Waals surface area contributed by atoms with Gasteiger partial charge in [-0.15, -0.1) is 21.9 Å². The lowest BCUT2D eigenvalue weighted by atomic mass is 9.59. The molecule has 9 rings (SSSR count). The van der Waals surface area contributed by atoms with Crippen LogP contribution in [0.4, 0.5) is 17.1 Å². The molecule has 8 aromatic carbocycles. The lowest BCUT2D eigenvalue weighted by Crippen LogP contribution is -2.52. The van der Waals surface area contributed by atoms with E-state index in [1.165, 1.54) is 98.3 Å². The van der Waals surface area contributed by atoms with Gasteiger partial charge in [0, 0.05) is 27.8 Å². The lowest BCUT2D eigenvalue weighted by molar-refractivity contribution is 0.669. The van der Waals surface area contributed by atoms with Crippen LogP contribution in [-0.4, -0.2) is 70.6 Å². The summed E-state index contributed by atoms with van der Waals surface area (Å²) >= 11 is 0. The molecule has 0 radical (unpaired) electrons. The standard InChI is InChI=1S/C42H36B9NO/c43-33-29-30-32(36(46)41(51)39(49)34(30)44)42(37(47)31(29)35(45)40(50)38(33)48)52(24-15-11-19-5-1-2-6-21(19)17-24)23-13-9-20(10-14-23)22-12-16-28-26(18-22)25-7-3-4-8-27(25)53-28/h1-18H,43-51H2. The molecule has 0 spiro atoms. The van der Waals surface area contributed by atoms with Crippen LogP contribution >= 0.6 is 0 Å². The zero-order valence-corrected chi connectivity index (χ0v) is 32.2. The summed E-state index contributed by atoms with van der Waals surface area (Å²) in [6.45, 7) is 0. The third kappa shape index (κ3) is 5.00. The smallest absolute Gasteiger partial charge is 0.142 e. The average molecular weight is 668 g/mol. The van der Waals surface area contributed by atoms with Gasteiger partial charge in [0.1, 0.15) is 81.8 Å². The van der Waals surface area contributed by atoms with Crippen LogP contribution in [0.5, 0.6) is 0 Å². The van der Waals surface area contributed by atoms with Gasteiger partial charge in [-0.05, 0) is 85.9 Å². The first-order valence-corrected chi connectivity index (χ1v) is 18.8. The van der Waals surface area contributed by atoms with Crippen molar-refractivity contribution in [3.05, 3.63) is 109 Å². The fourth-order valence-corrected chi connectivity index (χ4v) is 9.03. The van der Waals surface area contributed by atoms with Gasteiger partial charge in [0.25, 0.3) is 0 Å². The highest BCUT2D eigenvalue weighted by molar-refractivity contribution is 6.73. The lowest BCUT2D eigenvalue weighted by Gasteiger charge is -2.33. The Kier molecular flexibility index (Phi) is 7.86. The predicted octanol–water partition coefficient (Wildman–Crippen LogP) is -3.49. The molecular weight excluding hydrogens is 632 g/mol. The van der Waals surface area contributed by atoms with Crippen LogP contribution in [-0.2, 0) is 0 Å². The monoisotopic (exact) mass is 669 g/mol. The van der Waals surface area contributed by atoms with E-state index in [1.807, 2.05) is 12.1 Å². The van der Waals surface area contributed by atoms with Crippen LogP contribution in [0.2, 0.25) is 0 Å². The fourth-order valence-electron chi connectivity index (χ4n) is 9.03. The van der Waals surface area contributed by atoms with Crippen molar-refractivity contribution in [2.75, 3.05) is 4.90 Å². The third-order valence-corrected chi connectivity index (χ3v) is 12.6. The Morgan fingerprint density at radius 2 is 0.887 bits per heavy atom. The van der Waals surface area contributed by atoms with Crippen LogP contribution in [0.1, 0.15) is 0 Å². The van der Waals surface area contributed by atoms with Crippen molar-refractivity contribution in [1.82, 2.24) is 0 Å². The minimum absolute atomic E-state index is 0.917. The summed E-state index contributed by atoms with van der Waals surface area (Å²) in [5.41, 5.74) is 20.0. The van der Waals surface area contributed by atoms with E-state index in [0.29, 0.717) is 0 Å². The van der Waals surface area contributed by atoms with Crippen molar-refractivity contribution in [3.63, 3.8) is 0 Å². The molecule has 53 heavy (non-hydrogen) atoms. The molecule has 1 heterocycles. The quantitative estimate of drug-likeness (QED) is 0.143. The van der Waals surface area contributed by atoms with Gasteiger partial charge >= 0.3 is 0 Å². The minimum Gasteiger partial charge on any atom is -0.456 e. The highest BCUT2D eigenvalue weighted by Crippen LogP contribution is 2.41. The predicted molar refractivity (Wildman–Crippen MR) is 260 cm³/mol. The summed E-state index contributed by atoms with van der Waals surface area (Å²) in [5.74, 6) is 0. The fraction of sp³-hybridized carbons (Fsp3) is 0. The maximum absolute atomic E-state index is 6.16. The molecule has 0 N–H and O–H groups in total. The van der Waals surface area contributed by atoms with Crippen LogP contribution in [0.25, 0.3) is 65.4 Å². The van der Waals surface area contributed by atoms with Gasteiger partial charge in [0.15, 0.2) is 0 Å². The number of para-hydroxylation sites is 1. The molecule has 9 aromatic rings. The van der Waals surface area contributed by atoms with Crippen molar-refractivity contribution in [1.29, 1.82) is 0 Å². The van der Waals surface area contributed by atoms with Crippen molar-refractivity contribution < 1.29 is 4.42 Å². The van der Waals surface area contributed by atoms with E-state index in [-0.39, 0.29) is 0 Å². The molecule has 0 aliphatic heterocycles. The topological polar surface area (TPSA) is 16.4 Å². The number of furan rings is 1. The number of fused-ring (bicyclic) bond motifs is 7. The highest BCUT2D eigenvalue weighted by atomic mass is 16.3. The van der Waals surface area contributed by atoms with E-state index in [1.54, 1.807) is 0 Å². The Hall–Kier alpha value is -5.28. The van der Waals surface area contributed by atoms with E-state index >= 15 is 0 Å². The summed E-state index contributed by atoms with van der Waals surface area (Å²) in [6.07, 6.45) is 0. The largest absolute Gasteiger partial charge is 0.456 e. The van der Waals surface area contributed by atoms with Crippen molar-refractivity contribution in [2.45, 2.75) is 0 Å². The van der Waals surface area contributed by atoms with E-state index in [4.69, 9.17) is 4.42 Å².